The lowest BCUT2D eigenvalue weighted by Gasteiger charge is -2.20. The van der Waals surface area contributed by atoms with Crippen molar-refractivity contribution in [2.24, 2.45) is 0 Å². The summed E-state index contributed by atoms with van der Waals surface area (Å²) in [6.45, 7) is 4.19. The molecule has 0 fully saturated rings. The minimum atomic E-state index is -0.847. The fraction of sp³-hybridized carbons (Fsp3) is 0.761. The summed E-state index contributed by atoms with van der Waals surface area (Å²) in [4.78, 5) is 12.4. The smallest absolute Gasteiger partial charge is 0.220 e. The van der Waals surface area contributed by atoms with E-state index in [1.807, 2.05) is 6.08 Å². The van der Waals surface area contributed by atoms with Gasteiger partial charge in [-0.05, 0) is 57.8 Å². The van der Waals surface area contributed by atoms with E-state index >= 15 is 0 Å². The van der Waals surface area contributed by atoms with Gasteiger partial charge in [0.25, 0.3) is 0 Å². The van der Waals surface area contributed by atoms with Crippen LogP contribution in [-0.4, -0.2) is 34.9 Å². The van der Waals surface area contributed by atoms with Gasteiger partial charge in [-0.2, -0.15) is 0 Å². The van der Waals surface area contributed by atoms with Crippen LogP contribution < -0.4 is 5.32 Å². The van der Waals surface area contributed by atoms with Gasteiger partial charge in [-0.3, -0.25) is 4.79 Å². The number of hydrogen-bond donors (Lipinski definition) is 3. The van der Waals surface area contributed by atoms with Gasteiger partial charge in [-0.1, -0.05) is 203 Å². The van der Waals surface area contributed by atoms with Crippen molar-refractivity contribution in [3.05, 3.63) is 60.8 Å². The molecular formula is C46H83NO3. The molecular weight excluding hydrogens is 615 g/mol. The minimum absolute atomic E-state index is 0.0796. The highest BCUT2D eigenvalue weighted by atomic mass is 16.3. The monoisotopic (exact) mass is 698 g/mol. The lowest BCUT2D eigenvalue weighted by molar-refractivity contribution is -0.123. The van der Waals surface area contributed by atoms with E-state index in [2.05, 4.69) is 67.8 Å². The quantitative estimate of drug-likeness (QED) is 0.0444. The van der Waals surface area contributed by atoms with Crippen molar-refractivity contribution >= 4 is 5.91 Å². The average molecular weight is 698 g/mol. The number of unbranched alkanes of at least 4 members (excludes halogenated alkanes) is 23. The molecule has 2 atom stereocenters. The van der Waals surface area contributed by atoms with E-state index in [1.54, 1.807) is 6.08 Å². The summed E-state index contributed by atoms with van der Waals surface area (Å²) >= 11 is 0. The maximum atomic E-state index is 12.4. The Bertz CT molecular complexity index is 842. The molecule has 0 aliphatic carbocycles. The van der Waals surface area contributed by atoms with Crippen LogP contribution in [-0.2, 0) is 4.79 Å². The second-order valence-corrected chi connectivity index (χ2v) is 14.4. The van der Waals surface area contributed by atoms with E-state index in [-0.39, 0.29) is 12.5 Å². The number of allylic oxidation sites excluding steroid dienone is 9. The summed E-state index contributed by atoms with van der Waals surface area (Å²) in [5, 5.41) is 23.0. The third kappa shape index (κ3) is 37.3. The number of carbonyl (C=O) groups excluding carboxylic acids is 1. The zero-order valence-corrected chi connectivity index (χ0v) is 33.2. The highest BCUT2D eigenvalue weighted by Crippen LogP contribution is 2.15. The van der Waals surface area contributed by atoms with Crippen LogP contribution in [0, 0.1) is 0 Å². The predicted molar refractivity (Wildman–Crippen MR) is 221 cm³/mol. The summed E-state index contributed by atoms with van der Waals surface area (Å²) in [5.41, 5.74) is 0. The highest BCUT2D eigenvalue weighted by Gasteiger charge is 2.17. The molecule has 0 radical (unpaired) electrons. The van der Waals surface area contributed by atoms with Crippen LogP contribution in [0.15, 0.2) is 60.8 Å². The number of carbonyl (C=O) groups is 1. The molecule has 0 bridgehead atoms. The Morgan fingerprint density at radius 3 is 1.32 bits per heavy atom. The first-order chi connectivity index (χ1) is 24.7. The first-order valence-electron chi connectivity index (χ1n) is 21.5. The van der Waals surface area contributed by atoms with E-state index < -0.39 is 12.1 Å². The molecule has 50 heavy (non-hydrogen) atoms. The molecule has 1 amide bonds. The Morgan fingerprint density at radius 2 is 0.880 bits per heavy atom. The third-order valence-corrected chi connectivity index (χ3v) is 9.51. The Kier molecular flexibility index (Phi) is 39.9. The molecule has 0 heterocycles. The molecule has 0 aliphatic heterocycles. The van der Waals surface area contributed by atoms with Gasteiger partial charge in [-0.25, -0.2) is 0 Å². The van der Waals surface area contributed by atoms with Crippen molar-refractivity contribution in [3.63, 3.8) is 0 Å². The summed E-state index contributed by atoms with van der Waals surface area (Å²) in [6, 6.07) is -0.632. The van der Waals surface area contributed by atoms with Crippen LogP contribution in [0.1, 0.15) is 206 Å². The topological polar surface area (TPSA) is 69.6 Å². The van der Waals surface area contributed by atoms with Crippen molar-refractivity contribution in [1.29, 1.82) is 0 Å². The van der Waals surface area contributed by atoms with Crippen LogP contribution in [0.2, 0.25) is 0 Å². The van der Waals surface area contributed by atoms with Crippen LogP contribution in [0.5, 0.6) is 0 Å². The molecule has 4 heteroatoms. The summed E-state index contributed by atoms with van der Waals surface area (Å²) in [5.74, 6) is -0.0796. The van der Waals surface area contributed by atoms with Gasteiger partial charge in [0.15, 0.2) is 0 Å². The number of hydrogen-bond acceptors (Lipinski definition) is 3. The molecule has 0 aromatic heterocycles. The second kappa shape index (κ2) is 41.5. The maximum absolute atomic E-state index is 12.4. The molecule has 0 rings (SSSR count). The van der Waals surface area contributed by atoms with Gasteiger partial charge in [0.05, 0.1) is 18.8 Å². The molecule has 4 nitrogen and oxygen atoms in total. The third-order valence-electron chi connectivity index (χ3n) is 9.51. The van der Waals surface area contributed by atoms with Crippen molar-refractivity contribution in [2.45, 2.75) is 219 Å². The molecule has 0 aromatic rings. The van der Waals surface area contributed by atoms with Crippen molar-refractivity contribution in [2.75, 3.05) is 6.61 Å². The fourth-order valence-electron chi connectivity index (χ4n) is 6.23. The Morgan fingerprint density at radius 1 is 0.500 bits per heavy atom. The van der Waals surface area contributed by atoms with Gasteiger partial charge in [0, 0.05) is 6.42 Å². The van der Waals surface area contributed by atoms with Crippen LogP contribution >= 0.6 is 0 Å². The lowest BCUT2D eigenvalue weighted by Crippen LogP contribution is -2.45. The Hall–Kier alpha value is -1.91. The van der Waals surface area contributed by atoms with Crippen molar-refractivity contribution in [3.8, 4) is 0 Å². The predicted octanol–water partition coefficient (Wildman–Crippen LogP) is 13.3. The largest absolute Gasteiger partial charge is 0.394 e. The minimum Gasteiger partial charge on any atom is -0.394 e. The number of aliphatic hydroxyl groups excluding tert-OH is 2. The second-order valence-electron chi connectivity index (χ2n) is 14.4. The standard InChI is InChI=1S/C46H83NO3/c1-3-5-7-9-11-13-15-17-19-21-23-25-27-29-31-33-35-37-39-41-45(49)44(43-48)47-46(50)42-40-38-36-34-32-30-28-26-24-22-20-18-16-14-12-10-8-6-4-2/h6,8,12,14,18,20,24,26,39,41,44-45,48-49H,3-5,7,9-11,13,15-17,19,21-23,25,27-38,40,42-43H2,1-2H3,(H,47,50)/b8-6-,14-12-,20-18-,26-24-,41-39+. The van der Waals surface area contributed by atoms with E-state index in [9.17, 15) is 15.0 Å². The number of rotatable bonds is 38. The zero-order chi connectivity index (χ0) is 36.4. The van der Waals surface area contributed by atoms with E-state index in [0.29, 0.717) is 6.42 Å². The molecule has 0 spiro atoms. The fourth-order valence-corrected chi connectivity index (χ4v) is 6.23. The normalized spacial score (nSPS) is 13.6. The summed E-state index contributed by atoms with van der Waals surface area (Å²) in [6.07, 6.45) is 57.5. The Balaban J connectivity index is 3.63. The van der Waals surface area contributed by atoms with Gasteiger partial charge in [0.1, 0.15) is 0 Å². The van der Waals surface area contributed by atoms with E-state index in [1.165, 1.54) is 122 Å². The van der Waals surface area contributed by atoms with Crippen LogP contribution in [0.4, 0.5) is 0 Å². The van der Waals surface area contributed by atoms with E-state index in [4.69, 9.17) is 0 Å². The average Bonchev–Trinajstić information content (AvgIpc) is 3.12. The maximum Gasteiger partial charge on any atom is 0.220 e. The van der Waals surface area contributed by atoms with Crippen LogP contribution in [0.25, 0.3) is 0 Å². The molecule has 0 aromatic carbocycles. The Labute approximate surface area is 311 Å². The van der Waals surface area contributed by atoms with Crippen molar-refractivity contribution in [1.82, 2.24) is 5.32 Å². The van der Waals surface area contributed by atoms with Gasteiger partial charge < -0.3 is 15.5 Å². The molecule has 0 saturated carbocycles. The highest BCUT2D eigenvalue weighted by molar-refractivity contribution is 5.76. The molecule has 290 valence electrons. The zero-order valence-electron chi connectivity index (χ0n) is 33.2. The number of nitrogens with one attached hydrogen (secondary N) is 1. The van der Waals surface area contributed by atoms with Gasteiger partial charge in [-0.15, -0.1) is 0 Å². The first-order valence-corrected chi connectivity index (χ1v) is 21.5. The first kappa shape index (κ1) is 48.1. The molecule has 2 unspecified atom stereocenters. The van der Waals surface area contributed by atoms with Crippen molar-refractivity contribution < 1.29 is 15.0 Å². The number of amides is 1. The molecule has 0 saturated heterocycles. The van der Waals surface area contributed by atoms with Gasteiger partial charge in [0.2, 0.25) is 5.91 Å². The SMILES string of the molecule is CC/C=C\C/C=C\C/C=C\C/C=C\CCCCCCCCC(=O)NC(CO)C(O)/C=C/CCCCCCCCCCCCCCCCCCC. The van der Waals surface area contributed by atoms with Crippen LogP contribution in [0.3, 0.4) is 0 Å². The summed E-state index contributed by atoms with van der Waals surface area (Å²) < 4.78 is 0. The number of aliphatic hydroxyl groups is 2. The molecule has 0 aliphatic rings. The molecule has 3 N–H and O–H groups in total. The lowest BCUT2D eigenvalue weighted by atomic mass is 10.0. The van der Waals surface area contributed by atoms with E-state index in [0.717, 1.165) is 64.2 Å². The summed E-state index contributed by atoms with van der Waals surface area (Å²) in [7, 11) is 0. The van der Waals surface area contributed by atoms with Gasteiger partial charge >= 0.3 is 0 Å².